The summed E-state index contributed by atoms with van der Waals surface area (Å²) in [6.07, 6.45) is 1.58. The number of nitrogens with zero attached hydrogens (tertiary/aromatic N) is 1. The molecular formula is C8H13N3O. The number of pyridine rings is 1. The van der Waals surface area contributed by atoms with Crippen molar-refractivity contribution in [2.75, 3.05) is 11.5 Å². The van der Waals surface area contributed by atoms with Gasteiger partial charge in [-0.2, -0.15) is 0 Å². The van der Waals surface area contributed by atoms with E-state index in [1.165, 1.54) is 6.20 Å². The summed E-state index contributed by atoms with van der Waals surface area (Å²) in [6, 6.07) is 1.62. The maximum Gasteiger partial charge on any atom is 0.147 e. The van der Waals surface area contributed by atoms with Crippen molar-refractivity contribution in [2.45, 2.75) is 20.0 Å². The summed E-state index contributed by atoms with van der Waals surface area (Å²) < 4.78 is 5.38. The van der Waals surface area contributed by atoms with E-state index in [0.717, 1.165) is 0 Å². The fourth-order valence-electron chi connectivity index (χ4n) is 0.819. The first-order chi connectivity index (χ1) is 5.59. The van der Waals surface area contributed by atoms with E-state index in [2.05, 4.69) is 4.98 Å². The van der Waals surface area contributed by atoms with E-state index in [1.807, 2.05) is 13.8 Å². The first-order valence-corrected chi connectivity index (χ1v) is 3.77. The molecule has 0 unspecified atom stereocenters. The van der Waals surface area contributed by atoms with Crippen LogP contribution in [0.3, 0.4) is 0 Å². The van der Waals surface area contributed by atoms with Crippen LogP contribution in [0.2, 0.25) is 0 Å². The highest BCUT2D eigenvalue weighted by Gasteiger charge is 2.03. The fraction of sp³-hybridized carbons (Fsp3) is 0.375. The first kappa shape index (κ1) is 8.64. The van der Waals surface area contributed by atoms with Crippen molar-refractivity contribution in [3.05, 3.63) is 12.3 Å². The zero-order valence-electron chi connectivity index (χ0n) is 7.24. The maximum absolute atomic E-state index is 5.59. The van der Waals surface area contributed by atoms with Crippen molar-refractivity contribution >= 4 is 11.5 Å². The van der Waals surface area contributed by atoms with Crippen molar-refractivity contribution in [1.29, 1.82) is 0 Å². The second-order valence-electron chi connectivity index (χ2n) is 2.81. The molecule has 0 saturated heterocycles. The highest BCUT2D eigenvalue weighted by Crippen LogP contribution is 2.22. The van der Waals surface area contributed by atoms with E-state index in [1.54, 1.807) is 6.07 Å². The number of rotatable bonds is 2. The summed E-state index contributed by atoms with van der Waals surface area (Å²) in [6.45, 7) is 3.85. The van der Waals surface area contributed by atoms with Crippen LogP contribution in [0.1, 0.15) is 13.8 Å². The fourth-order valence-corrected chi connectivity index (χ4v) is 0.819. The molecular weight excluding hydrogens is 154 g/mol. The van der Waals surface area contributed by atoms with Crippen molar-refractivity contribution < 1.29 is 4.74 Å². The van der Waals surface area contributed by atoms with Crippen LogP contribution in [0.15, 0.2) is 12.3 Å². The normalized spacial score (nSPS) is 10.2. The molecule has 0 spiro atoms. The minimum absolute atomic E-state index is 0.0918. The Bertz CT molecular complexity index is 273. The van der Waals surface area contributed by atoms with E-state index in [-0.39, 0.29) is 6.10 Å². The molecule has 0 radical (unpaired) electrons. The molecule has 0 atom stereocenters. The number of nitrogens with two attached hydrogens (primary N) is 2. The van der Waals surface area contributed by atoms with Gasteiger partial charge in [0.05, 0.1) is 18.0 Å². The van der Waals surface area contributed by atoms with Crippen LogP contribution in [-0.4, -0.2) is 11.1 Å². The Morgan fingerprint density at radius 2 is 2.08 bits per heavy atom. The van der Waals surface area contributed by atoms with Crippen molar-refractivity contribution in [3.63, 3.8) is 0 Å². The molecule has 0 aliphatic rings. The number of hydrogen-bond acceptors (Lipinski definition) is 4. The SMILES string of the molecule is CC(C)Oc1cc(N)ncc1N. The van der Waals surface area contributed by atoms with Gasteiger partial charge in [0.25, 0.3) is 0 Å². The van der Waals surface area contributed by atoms with Crippen LogP contribution in [0, 0.1) is 0 Å². The van der Waals surface area contributed by atoms with E-state index >= 15 is 0 Å². The van der Waals surface area contributed by atoms with Gasteiger partial charge in [-0.25, -0.2) is 4.98 Å². The largest absolute Gasteiger partial charge is 0.489 e. The van der Waals surface area contributed by atoms with E-state index in [9.17, 15) is 0 Å². The van der Waals surface area contributed by atoms with Gasteiger partial charge in [-0.05, 0) is 13.8 Å². The Morgan fingerprint density at radius 3 is 2.67 bits per heavy atom. The molecule has 0 saturated carbocycles. The molecule has 0 bridgehead atoms. The molecule has 66 valence electrons. The average Bonchev–Trinajstić information content (AvgIpc) is 1.96. The van der Waals surface area contributed by atoms with Gasteiger partial charge in [0.2, 0.25) is 0 Å². The Kier molecular flexibility index (Phi) is 2.38. The van der Waals surface area contributed by atoms with Gasteiger partial charge < -0.3 is 16.2 Å². The summed E-state index contributed by atoms with van der Waals surface area (Å²) in [5, 5.41) is 0. The monoisotopic (exact) mass is 167 g/mol. The van der Waals surface area contributed by atoms with Crippen LogP contribution < -0.4 is 16.2 Å². The van der Waals surface area contributed by atoms with Crippen LogP contribution >= 0.6 is 0 Å². The topological polar surface area (TPSA) is 74.2 Å². The van der Waals surface area contributed by atoms with Gasteiger partial charge in [-0.15, -0.1) is 0 Å². The summed E-state index contributed by atoms with van der Waals surface area (Å²) in [5.74, 6) is 1.01. The molecule has 4 heteroatoms. The number of ether oxygens (including phenoxy) is 1. The van der Waals surface area contributed by atoms with Gasteiger partial charge >= 0.3 is 0 Å². The number of hydrogen-bond donors (Lipinski definition) is 2. The van der Waals surface area contributed by atoms with Crippen LogP contribution in [-0.2, 0) is 0 Å². The van der Waals surface area contributed by atoms with Crippen LogP contribution in [0.25, 0.3) is 0 Å². The third-order valence-corrected chi connectivity index (χ3v) is 1.28. The number of anilines is 2. The second kappa shape index (κ2) is 3.30. The minimum Gasteiger partial charge on any atom is -0.489 e. The molecule has 4 nitrogen and oxygen atoms in total. The second-order valence-corrected chi connectivity index (χ2v) is 2.81. The summed E-state index contributed by atoms with van der Waals surface area (Å²) >= 11 is 0. The van der Waals surface area contributed by atoms with Gasteiger partial charge in [0.15, 0.2) is 0 Å². The molecule has 1 rings (SSSR count). The average molecular weight is 167 g/mol. The van der Waals surface area contributed by atoms with E-state index in [0.29, 0.717) is 17.3 Å². The summed E-state index contributed by atoms with van der Waals surface area (Å²) in [5.41, 5.74) is 11.6. The molecule has 0 amide bonds. The van der Waals surface area contributed by atoms with Crippen LogP contribution in [0.5, 0.6) is 5.75 Å². The maximum atomic E-state index is 5.59. The summed E-state index contributed by atoms with van der Waals surface area (Å²) in [4.78, 5) is 3.82. The standard InChI is InChI=1S/C8H13N3O/c1-5(2)12-7-3-8(10)11-4-6(7)9/h3-5H,9H2,1-2H3,(H2,10,11). The first-order valence-electron chi connectivity index (χ1n) is 3.77. The van der Waals surface area contributed by atoms with E-state index in [4.69, 9.17) is 16.2 Å². The number of nitrogen functional groups attached to an aromatic ring is 2. The molecule has 1 heterocycles. The zero-order valence-corrected chi connectivity index (χ0v) is 7.24. The van der Waals surface area contributed by atoms with Gasteiger partial charge in [-0.3, -0.25) is 0 Å². The third-order valence-electron chi connectivity index (χ3n) is 1.28. The Hall–Kier alpha value is -1.45. The molecule has 0 aliphatic carbocycles. The molecule has 0 aromatic carbocycles. The van der Waals surface area contributed by atoms with Crippen LogP contribution in [0.4, 0.5) is 11.5 Å². The zero-order chi connectivity index (χ0) is 9.14. The summed E-state index contributed by atoms with van der Waals surface area (Å²) in [7, 11) is 0. The van der Waals surface area contributed by atoms with Crippen molar-refractivity contribution in [1.82, 2.24) is 4.98 Å². The number of aromatic nitrogens is 1. The lowest BCUT2D eigenvalue weighted by atomic mass is 10.3. The van der Waals surface area contributed by atoms with Crippen molar-refractivity contribution in [3.8, 4) is 5.75 Å². The molecule has 12 heavy (non-hydrogen) atoms. The molecule has 0 fully saturated rings. The Balaban J connectivity index is 2.90. The smallest absolute Gasteiger partial charge is 0.147 e. The highest BCUT2D eigenvalue weighted by atomic mass is 16.5. The van der Waals surface area contributed by atoms with Gasteiger partial charge in [0, 0.05) is 6.07 Å². The molecule has 4 N–H and O–H groups in total. The third kappa shape index (κ3) is 2.02. The quantitative estimate of drug-likeness (QED) is 0.690. The molecule has 1 aromatic heterocycles. The highest BCUT2D eigenvalue weighted by molar-refractivity contribution is 5.55. The minimum atomic E-state index is 0.0918. The lowest BCUT2D eigenvalue weighted by Gasteiger charge is -2.11. The predicted molar refractivity (Wildman–Crippen MR) is 48.8 cm³/mol. The lowest BCUT2D eigenvalue weighted by molar-refractivity contribution is 0.244. The van der Waals surface area contributed by atoms with Crippen molar-refractivity contribution in [2.24, 2.45) is 0 Å². The molecule has 0 aliphatic heterocycles. The molecule has 1 aromatic rings. The predicted octanol–water partition coefficient (Wildman–Crippen LogP) is 1.03. The Labute approximate surface area is 71.5 Å². The lowest BCUT2D eigenvalue weighted by Crippen LogP contribution is -2.08. The van der Waals surface area contributed by atoms with E-state index < -0.39 is 0 Å². The van der Waals surface area contributed by atoms with Gasteiger partial charge in [-0.1, -0.05) is 0 Å². The van der Waals surface area contributed by atoms with Gasteiger partial charge in [0.1, 0.15) is 11.6 Å². The Morgan fingerprint density at radius 1 is 1.42 bits per heavy atom.